The van der Waals surface area contributed by atoms with Crippen molar-refractivity contribution >= 4 is 11.9 Å². The van der Waals surface area contributed by atoms with Crippen molar-refractivity contribution in [3.8, 4) is 0 Å². The third-order valence-corrected chi connectivity index (χ3v) is 5.02. The van der Waals surface area contributed by atoms with E-state index in [1.807, 2.05) is 49.4 Å². The lowest BCUT2D eigenvalue weighted by Gasteiger charge is -2.33. The van der Waals surface area contributed by atoms with Gasteiger partial charge in [0.25, 0.3) is 0 Å². The first-order valence-electron chi connectivity index (χ1n) is 9.08. The zero-order valence-electron chi connectivity index (χ0n) is 15.2. The van der Waals surface area contributed by atoms with Gasteiger partial charge in [-0.1, -0.05) is 48.0 Å². The molecule has 136 valence electrons. The Bertz CT molecular complexity index is 784. The number of benzene rings is 2. The molecule has 1 aliphatic rings. The van der Waals surface area contributed by atoms with E-state index < -0.39 is 17.5 Å². The Morgan fingerprint density at radius 3 is 2.58 bits per heavy atom. The molecule has 0 amide bonds. The molecule has 4 nitrogen and oxygen atoms in total. The average molecular weight is 352 g/mol. The highest BCUT2D eigenvalue weighted by molar-refractivity contribution is 5.91. The van der Waals surface area contributed by atoms with E-state index in [9.17, 15) is 9.59 Å². The Morgan fingerprint density at radius 1 is 1.12 bits per heavy atom. The number of hydrogen-bond acceptors (Lipinski definition) is 4. The van der Waals surface area contributed by atoms with Gasteiger partial charge in [0, 0.05) is 0 Å². The van der Waals surface area contributed by atoms with Crippen LogP contribution < -0.4 is 0 Å². The van der Waals surface area contributed by atoms with Crippen LogP contribution in [0.5, 0.6) is 0 Å². The van der Waals surface area contributed by atoms with Gasteiger partial charge in [0.05, 0.1) is 12.2 Å². The van der Waals surface area contributed by atoms with E-state index in [1.54, 1.807) is 19.1 Å². The van der Waals surface area contributed by atoms with Gasteiger partial charge >= 0.3 is 11.9 Å². The normalized spacial score (nSPS) is 22.0. The summed E-state index contributed by atoms with van der Waals surface area (Å²) in [6.45, 7) is 4.02. The number of ether oxygens (including phenoxy) is 2. The number of hydrogen-bond donors (Lipinski definition) is 0. The fourth-order valence-electron chi connectivity index (χ4n) is 3.78. The Labute approximate surface area is 154 Å². The van der Waals surface area contributed by atoms with Crippen molar-refractivity contribution in [2.75, 3.05) is 6.61 Å². The quantitative estimate of drug-likeness (QED) is 0.757. The van der Waals surface area contributed by atoms with Crippen molar-refractivity contribution in [2.24, 2.45) is 0 Å². The van der Waals surface area contributed by atoms with Crippen LogP contribution in [0.2, 0.25) is 0 Å². The molecule has 0 radical (unpaired) electrons. The van der Waals surface area contributed by atoms with Gasteiger partial charge in [0.15, 0.2) is 0 Å². The minimum absolute atomic E-state index is 0.298. The summed E-state index contributed by atoms with van der Waals surface area (Å²) in [7, 11) is 0. The molecule has 0 bridgehead atoms. The number of aryl methyl sites for hydroxylation is 1. The molecular weight excluding hydrogens is 328 g/mol. The minimum Gasteiger partial charge on any atom is -0.465 e. The lowest BCUT2D eigenvalue weighted by atomic mass is 9.77. The lowest BCUT2D eigenvalue weighted by Crippen LogP contribution is -2.46. The predicted molar refractivity (Wildman–Crippen MR) is 99.0 cm³/mol. The van der Waals surface area contributed by atoms with Crippen molar-refractivity contribution in [2.45, 2.75) is 44.6 Å². The average Bonchev–Trinajstić information content (AvgIpc) is 3.07. The van der Waals surface area contributed by atoms with Crippen molar-refractivity contribution < 1.29 is 19.1 Å². The predicted octanol–water partition coefficient (Wildman–Crippen LogP) is 4.21. The fraction of sp³-hybridized carbons (Fsp3) is 0.364. The van der Waals surface area contributed by atoms with Crippen LogP contribution in [0.3, 0.4) is 0 Å². The molecule has 0 aliphatic heterocycles. The van der Waals surface area contributed by atoms with Crippen LogP contribution in [0.1, 0.15) is 47.7 Å². The van der Waals surface area contributed by atoms with Crippen LogP contribution in [-0.2, 0) is 19.7 Å². The summed E-state index contributed by atoms with van der Waals surface area (Å²) in [5.74, 6) is -0.712. The molecule has 1 aliphatic carbocycles. The highest BCUT2D eigenvalue weighted by Gasteiger charge is 2.53. The van der Waals surface area contributed by atoms with Crippen molar-refractivity contribution in [1.82, 2.24) is 0 Å². The molecule has 26 heavy (non-hydrogen) atoms. The van der Waals surface area contributed by atoms with Gasteiger partial charge < -0.3 is 9.47 Å². The van der Waals surface area contributed by atoms with Gasteiger partial charge in [-0.2, -0.15) is 0 Å². The fourth-order valence-corrected chi connectivity index (χ4v) is 3.78. The van der Waals surface area contributed by atoms with Gasteiger partial charge in [-0.05, 0) is 50.8 Å². The van der Waals surface area contributed by atoms with E-state index in [-0.39, 0.29) is 5.97 Å². The molecule has 0 heterocycles. The first kappa shape index (κ1) is 18.2. The summed E-state index contributed by atoms with van der Waals surface area (Å²) in [4.78, 5) is 25.6. The Hall–Kier alpha value is -2.62. The highest BCUT2D eigenvalue weighted by Crippen LogP contribution is 2.44. The molecular formula is C22H24O4. The molecule has 0 N–H and O–H groups in total. The molecule has 2 aromatic carbocycles. The van der Waals surface area contributed by atoms with Crippen LogP contribution in [0, 0.1) is 6.92 Å². The summed E-state index contributed by atoms with van der Waals surface area (Å²) in [6, 6.07) is 16.8. The standard InChI is InChI=1S/C22H24O4/c1-3-25-21(24)22(18-11-5-4-6-12-18)14-8-13-19(22)26-20(23)17-10-7-9-16(2)15-17/h4-7,9-12,15,19H,3,8,13-14H2,1-2H3. The first-order chi connectivity index (χ1) is 12.6. The molecule has 4 heteroatoms. The zero-order valence-corrected chi connectivity index (χ0v) is 15.2. The summed E-state index contributed by atoms with van der Waals surface area (Å²) >= 11 is 0. The van der Waals surface area contributed by atoms with E-state index >= 15 is 0 Å². The zero-order chi connectivity index (χ0) is 18.6. The maximum absolute atomic E-state index is 12.9. The molecule has 3 rings (SSSR count). The molecule has 2 aromatic rings. The van der Waals surface area contributed by atoms with E-state index in [4.69, 9.17) is 9.47 Å². The van der Waals surface area contributed by atoms with E-state index in [0.29, 0.717) is 25.0 Å². The Kier molecular flexibility index (Phi) is 5.40. The summed E-state index contributed by atoms with van der Waals surface area (Å²) in [5.41, 5.74) is 1.41. The number of rotatable bonds is 5. The van der Waals surface area contributed by atoms with E-state index in [2.05, 4.69) is 0 Å². The van der Waals surface area contributed by atoms with Crippen LogP contribution in [-0.4, -0.2) is 24.6 Å². The van der Waals surface area contributed by atoms with Crippen LogP contribution in [0.15, 0.2) is 54.6 Å². The molecule has 0 spiro atoms. The van der Waals surface area contributed by atoms with Crippen LogP contribution >= 0.6 is 0 Å². The molecule has 0 saturated heterocycles. The highest BCUT2D eigenvalue weighted by atomic mass is 16.6. The maximum Gasteiger partial charge on any atom is 0.338 e. The van der Waals surface area contributed by atoms with Gasteiger partial charge in [0.1, 0.15) is 11.5 Å². The second-order valence-corrected chi connectivity index (χ2v) is 6.71. The van der Waals surface area contributed by atoms with Crippen molar-refractivity contribution in [3.63, 3.8) is 0 Å². The minimum atomic E-state index is -0.934. The van der Waals surface area contributed by atoms with Gasteiger partial charge in [-0.25, -0.2) is 4.79 Å². The second-order valence-electron chi connectivity index (χ2n) is 6.71. The van der Waals surface area contributed by atoms with E-state index in [1.165, 1.54) is 0 Å². The van der Waals surface area contributed by atoms with Crippen molar-refractivity contribution in [1.29, 1.82) is 0 Å². The second kappa shape index (κ2) is 7.73. The summed E-state index contributed by atoms with van der Waals surface area (Å²) in [6.07, 6.45) is 1.53. The Morgan fingerprint density at radius 2 is 1.88 bits per heavy atom. The summed E-state index contributed by atoms with van der Waals surface area (Å²) < 4.78 is 11.2. The molecule has 2 atom stereocenters. The van der Waals surface area contributed by atoms with E-state index in [0.717, 1.165) is 17.5 Å². The molecule has 1 saturated carbocycles. The largest absolute Gasteiger partial charge is 0.465 e. The lowest BCUT2D eigenvalue weighted by molar-refractivity contribution is -0.154. The molecule has 2 unspecified atom stereocenters. The molecule has 1 fully saturated rings. The smallest absolute Gasteiger partial charge is 0.338 e. The van der Waals surface area contributed by atoms with Gasteiger partial charge in [0.2, 0.25) is 0 Å². The topological polar surface area (TPSA) is 52.6 Å². The third-order valence-electron chi connectivity index (χ3n) is 5.02. The maximum atomic E-state index is 12.9. The SMILES string of the molecule is CCOC(=O)C1(c2ccccc2)CCCC1OC(=O)c1cccc(C)c1. The number of carbonyl (C=O) groups is 2. The van der Waals surface area contributed by atoms with Crippen LogP contribution in [0.25, 0.3) is 0 Å². The van der Waals surface area contributed by atoms with Gasteiger partial charge in [-0.15, -0.1) is 0 Å². The summed E-state index contributed by atoms with van der Waals surface area (Å²) in [5, 5.41) is 0. The van der Waals surface area contributed by atoms with Crippen molar-refractivity contribution in [3.05, 3.63) is 71.3 Å². The molecule has 0 aromatic heterocycles. The number of esters is 2. The monoisotopic (exact) mass is 352 g/mol. The van der Waals surface area contributed by atoms with Gasteiger partial charge in [-0.3, -0.25) is 4.79 Å². The Balaban J connectivity index is 1.93. The number of carbonyl (C=O) groups excluding carboxylic acids is 2. The first-order valence-corrected chi connectivity index (χ1v) is 9.08. The third kappa shape index (κ3) is 3.36. The van der Waals surface area contributed by atoms with Crippen LogP contribution in [0.4, 0.5) is 0 Å².